The molecular weight excluding hydrogens is 618 g/mol. The van der Waals surface area contributed by atoms with E-state index < -0.39 is 47.9 Å². The summed E-state index contributed by atoms with van der Waals surface area (Å²) >= 11 is 0. The maximum atomic E-state index is 13.8. The van der Waals surface area contributed by atoms with E-state index in [1.807, 2.05) is 24.3 Å². The van der Waals surface area contributed by atoms with Gasteiger partial charge in [0.15, 0.2) is 11.9 Å². The lowest BCUT2D eigenvalue weighted by Crippen LogP contribution is -2.57. The van der Waals surface area contributed by atoms with E-state index >= 15 is 0 Å². The van der Waals surface area contributed by atoms with Crippen molar-refractivity contribution < 1.29 is 24.3 Å². The Morgan fingerprint density at radius 2 is 1.27 bits per heavy atom. The lowest BCUT2D eigenvalue weighted by molar-refractivity contribution is -0.142. The number of carbonyl (C=O) groups excluding carboxylic acids is 3. The van der Waals surface area contributed by atoms with Gasteiger partial charge in [-0.1, -0.05) is 48.5 Å². The van der Waals surface area contributed by atoms with Gasteiger partial charge in [-0.3, -0.25) is 24.4 Å². The highest BCUT2D eigenvalue weighted by molar-refractivity contribution is 5.95. The summed E-state index contributed by atoms with van der Waals surface area (Å²) in [5.74, 6) is -3.40. The van der Waals surface area contributed by atoms with Crippen LogP contribution in [0.4, 0.5) is 0 Å². The van der Waals surface area contributed by atoms with E-state index in [9.17, 15) is 24.3 Å². The van der Waals surface area contributed by atoms with E-state index in [2.05, 4.69) is 30.9 Å². The average molecular weight is 664 g/mol. The number of nitrogens with zero attached hydrogens (tertiary/aromatic N) is 2. The van der Waals surface area contributed by atoms with Crippen LogP contribution in [-0.2, 0) is 32.0 Å². The molecule has 16 nitrogen and oxygen atoms in total. The van der Waals surface area contributed by atoms with Gasteiger partial charge in [0.05, 0.1) is 6.04 Å². The Bertz CT molecular complexity index is 1580. The van der Waals surface area contributed by atoms with Gasteiger partial charge in [0.1, 0.15) is 18.1 Å². The molecule has 0 saturated carbocycles. The molecule has 0 aliphatic carbocycles. The topological polar surface area (TPSA) is 295 Å². The van der Waals surface area contributed by atoms with Crippen LogP contribution in [0.25, 0.3) is 10.9 Å². The number of carbonyl (C=O) groups is 4. The number of hydrogen-bond acceptors (Lipinski definition) is 7. The molecule has 4 unspecified atom stereocenters. The molecule has 0 bridgehead atoms. The van der Waals surface area contributed by atoms with Crippen LogP contribution in [0.3, 0.4) is 0 Å². The third-order valence-corrected chi connectivity index (χ3v) is 7.51. The summed E-state index contributed by atoms with van der Waals surface area (Å²) in [6.45, 7) is 0.462. The summed E-state index contributed by atoms with van der Waals surface area (Å²) in [4.78, 5) is 63.7. The monoisotopic (exact) mass is 663 g/mol. The van der Waals surface area contributed by atoms with Crippen LogP contribution in [0.2, 0.25) is 0 Å². The van der Waals surface area contributed by atoms with Crippen molar-refractivity contribution >= 4 is 46.5 Å². The number of aliphatic carboxylic acids is 1. The molecule has 0 aliphatic rings. The molecule has 3 amide bonds. The van der Waals surface area contributed by atoms with Crippen molar-refractivity contribution in [1.82, 2.24) is 20.9 Å². The van der Waals surface area contributed by atoms with Crippen molar-refractivity contribution in [3.8, 4) is 0 Å². The molecule has 48 heavy (non-hydrogen) atoms. The number of guanidine groups is 2. The van der Waals surface area contributed by atoms with Crippen molar-refractivity contribution in [2.75, 3.05) is 13.1 Å². The van der Waals surface area contributed by atoms with Gasteiger partial charge < -0.3 is 54.7 Å². The molecule has 1 heterocycles. The Morgan fingerprint density at radius 1 is 0.708 bits per heavy atom. The van der Waals surface area contributed by atoms with Crippen LogP contribution in [-0.4, -0.2) is 83.0 Å². The first-order valence-corrected chi connectivity index (χ1v) is 15.5. The number of para-hydroxylation sites is 1. The predicted octanol–water partition coefficient (Wildman–Crippen LogP) is -1.07. The van der Waals surface area contributed by atoms with E-state index in [4.69, 9.17) is 28.7 Å². The van der Waals surface area contributed by atoms with E-state index in [-0.39, 0.29) is 50.7 Å². The third-order valence-electron chi connectivity index (χ3n) is 7.51. The van der Waals surface area contributed by atoms with Crippen LogP contribution in [0.15, 0.2) is 70.8 Å². The smallest absolute Gasteiger partial charge is 0.326 e. The number of nitrogens with two attached hydrogens (primary N) is 5. The van der Waals surface area contributed by atoms with Crippen LogP contribution in [0.5, 0.6) is 0 Å². The standard InChI is InChI=1S/C32H45N11O5/c33-22(11-6-14-38-31(34)35)27(44)41-24(13-7-15-39-32(36)37)28(45)42-25(17-20-18-40-23-12-5-4-10-21(20)23)29(46)43-26(30(47)48)16-19-8-2-1-3-9-19/h1-5,8-10,12,18,22,24-26,40H,6-7,11,13-17,33H2,(H,41,44)(H,42,45)(H,43,46)(H,47,48)(H4,34,35,38)(H4,36,37,39). The van der Waals surface area contributed by atoms with Crippen molar-refractivity contribution in [2.24, 2.45) is 38.7 Å². The minimum Gasteiger partial charge on any atom is -0.480 e. The highest BCUT2D eigenvalue weighted by atomic mass is 16.4. The zero-order valence-electron chi connectivity index (χ0n) is 26.6. The normalized spacial score (nSPS) is 13.4. The van der Waals surface area contributed by atoms with Crippen molar-refractivity contribution in [3.05, 3.63) is 71.9 Å². The molecule has 0 radical (unpaired) electrons. The third kappa shape index (κ3) is 11.9. The fourth-order valence-corrected chi connectivity index (χ4v) is 5.03. The molecule has 258 valence electrons. The minimum absolute atomic E-state index is 0.0260. The highest BCUT2D eigenvalue weighted by Crippen LogP contribution is 2.19. The maximum absolute atomic E-state index is 13.8. The summed E-state index contributed by atoms with van der Waals surface area (Å²) < 4.78 is 0. The molecule has 0 saturated heterocycles. The molecule has 15 N–H and O–H groups in total. The second kappa shape index (κ2) is 18.5. The van der Waals surface area contributed by atoms with Crippen molar-refractivity contribution in [2.45, 2.75) is 62.7 Å². The SMILES string of the molecule is NC(N)=NCCCC(N)C(=O)NC(CCCN=C(N)N)C(=O)NC(Cc1c[nH]c2ccccc12)C(=O)NC(Cc1ccccc1)C(=O)O. The van der Waals surface area contributed by atoms with Crippen molar-refractivity contribution in [1.29, 1.82) is 0 Å². The summed E-state index contributed by atoms with van der Waals surface area (Å²) in [6, 6.07) is 11.7. The second-order valence-corrected chi connectivity index (χ2v) is 11.3. The molecule has 16 heteroatoms. The minimum atomic E-state index is -1.27. The molecule has 0 aliphatic heterocycles. The van der Waals surface area contributed by atoms with E-state index in [1.165, 1.54) is 0 Å². The lowest BCUT2D eigenvalue weighted by Gasteiger charge is -2.25. The van der Waals surface area contributed by atoms with Gasteiger partial charge in [-0.15, -0.1) is 0 Å². The number of aromatic nitrogens is 1. The Balaban J connectivity index is 1.83. The first-order valence-electron chi connectivity index (χ1n) is 15.5. The molecule has 1 aromatic heterocycles. The second-order valence-electron chi connectivity index (χ2n) is 11.3. The Morgan fingerprint density at radius 3 is 1.92 bits per heavy atom. The fraction of sp³-hybridized carbons (Fsp3) is 0.375. The van der Waals surface area contributed by atoms with Crippen LogP contribution in [0, 0.1) is 0 Å². The van der Waals surface area contributed by atoms with E-state index in [1.54, 1.807) is 36.5 Å². The number of fused-ring (bicyclic) bond motifs is 1. The number of H-pyrrole nitrogens is 1. The van der Waals surface area contributed by atoms with Gasteiger partial charge in [0.25, 0.3) is 0 Å². The Labute approximate surface area is 278 Å². The number of amides is 3. The fourth-order valence-electron chi connectivity index (χ4n) is 5.03. The number of rotatable bonds is 19. The first kappa shape index (κ1) is 36.8. The van der Waals surface area contributed by atoms with Gasteiger partial charge in [-0.05, 0) is 42.9 Å². The quantitative estimate of drug-likeness (QED) is 0.0420. The van der Waals surface area contributed by atoms with Gasteiger partial charge >= 0.3 is 5.97 Å². The van der Waals surface area contributed by atoms with E-state index in [0.717, 1.165) is 16.5 Å². The van der Waals surface area contributed by atoms with Crippen molar-refractivity contribution in [3.63, 3.8) is 0 Å². The van der Waals surface area contributed by atoms with Crippen LogP contribution in [0.1, 0.15) is 36.8 Å². The number of carboxylic acid groups (broad SMARTS) is 1. The molecule has 0 spiro atoms. The summed E-state index contributed by atoms with van der Waals surface area (Å²) in [5, 5.41) is 18.8. The van der Waals surface area contributed by atoms with E-state index in [0.29, 0.717) is 18.4 Å². The number of aliphatic imine (C=N–C) groups is 2. The van der Waals surface area contributed by atoms with Gasteiger partial charge in [-0.2, -0.15) is 0 Å². The zero-order chi connectivity index (χ0) is 35.1. The number of benzene rings is 2. The molecule has 3 rings (SSSR count). The van der Waals surface area contributed by atoms with Gasteiger partial charge in [0.2, 0.25) is 17.7 Å². The van der Waals surface area contributed by atoms with Gasteiger partial charge in [0, 0.05) is 43.0 Å². The van der Waals surface area contributed by atoms with Crippen LogP contribution < -0.4 is 44.6 Å². The zero-order valence-corrected chi connectivity index (χ0v) is 26.6. The summed E-state index contributed by atoms with van der Waals surface area (Å²) in [7, 11) is 0. The summed E-state index contributed by atoms with van der Waals surface area (Å²) in [5.41, 5.74) is 29.9. The Kier molecular flexibility index (Phi) is 14.2. The largest absolute Gasteiger partial charge is 0.480 e. The molecule has 2 aromatic carbocycles. The average Bonchev–Trinajstić information content (AvgIpc) is 3.46. The number of carboxylic acids is 1. The van der Waals surface area contributed by atoms with Crippen LogP contribution >= 0.6 is 0 Å². The number of nitrogens with one attached hydrogen (secondary N) is 4. The first-order chi connectivity index (χ1) is 22.9. The summed E-state index contributed by atoms with van der Waals surface area (Å²) in [6.07, 6.45) is 2.88. The number of aromatic amines is 1. The predicted molar refractivity (Wildman–Crippen MR) is 183 cm³/mol. The molecular formula is C32H45N11O5. The molecule has 3 aromatic rings. The number of hydrogen-bond donors (Lipinski definition) is 10. The maximum Gasteiger partial charge on any atom is 0.326 e. The Hall–Kier alpha value is -5.64. The molecule has 4 atom stereocenters. The molecule has 0 fully saturated rings. The lowest BCUT2D eigenvalue weighted by atomic mass is 10.0. The van der Waals surface area contributed by atoms with Gasteiger partial charge in [-0.25, -0.2) is 4.79 Å². The highest BCUT2D eigenvalue weighted by Gasteiger charge is 2.31.